The normalized spacial score (nSPS) is 15.1. The number of carbonyl (C=O) groups excluding carboxylic acids is 1. The highest BCUT2D eigenvalue weighted by atomic mass is 16.4. The van der Waals surface area contributed by atoms with Crippen LogP contribution in [0.1, 0.15) is 25.8 Å². The number of carboxylic acids is 1. The topological polar surface area (TPSA) is 108 Å². The zero-order valence-electron chi connectivity index (χ0n) is 13.4. The van der Waals surface area contributed by atoms with Gasteiger partial charge in [0.15, 0.2) is 0 Å². The van der Waals surface area contributed by atoms with Crippen molar-refractivity contribution in [2.45, 2.75) is 38.8 Å². The highest BCUT2D eigenvalue weighted by Crippen LogP contribution is 2.19. The van der Waals surface area contributed by atoms with Gasteiger partial charge < -0.3 is 21.1 Å². The molecule has 0 radical (unpaired) electrons. The summed E-state index contributed by atoms with van der Waals surface area (Å²) in [4.78, 5) is 26.7. The van der Waals surface area contributed by atoms with Crippen molar-refractivity contribution in [2.75, 3.05) is 0 Å². The van der Waals surface area contributed by atoms with E-state index < -0.39 is 24.0 Å². The highest BCUT2D eigenvalue weighted by molar-refractivity contribution is 5.88. The summed E-state index contributed by atoms with van der Waals surface area (Å²) in [6, 6.07) is 5.94. The summed E-state index contributed by atoms with van der Waals surface area (Å²) < 4.78 is 0. The number of aromatic amines is 1. The van der Waals surface area contributed by atoms with Crippen molar-refractivity contribution in [1.82, 2.24) is 10.3 Å². The van der Waals surface area contributed by atoms with Crippen molar-refractivity contribution in [3.8, 4) is 0 Å². The maximum Gasteiger partial charge on any atom is 0.326 e. The molecule has 124 valence electrons. The first-order chi connectivity index (χ1) is 10.9. The molecular weight excluding hydrogens is 294 g/mol. The van der Waals surface area contributed by atoms with Crippen LogP contribution in [0.25, 0.3) is 10.9 Å². The second-order valence-corrected chi connectivity index (χ2v) is 5.87. The first-order valence-corrected chi connectivity index (χ1v) is 7.77. The van der Waals surface area contributed by atoms with Crippen molar-refractivity contribution >= 4 is 22.8 Å². The molecule has 0 aliphatic heterocycles. The molecule has 2 rings (SSSR count). The van der Waals surface area contributed by atoms with Gasteiger partial charge in [-0.2, -0.15) is 0 Å². The first kappa shape index (κ1) is 17.0. The second-order valence-electron chi connectivity index (χ2n) is 5.87. The Kier molecular flexibility index (Phi) is 5.39. The molecule has 1 aromatic heterocycles. The fraction of sp³-hybridized carbons (Fsp3) is 0.412. The molecule has 23 heavy (non-hydrogen) atoms. The smallest absolute Gasteiger partial charge is 0.326 e. The van der Waals surface area contributed by atoms with E-state index in [2.05, 4.69) is 10.3 Å². The van der Waals surface area contributed by atoms with Crippen LogP contribution in [0.4, 0.5) is 0 Å². The molecule has 2 aromatic rings. The molecule has 1 heterocycles. The maximum atomic E-state index is 12.1. The number of para-hydroxylation sites is 1. The van der Waals surface area contributed by atoms with Gasteiger partial charge in [0.2, 0.25) is 5.91 Å². The van der Waals surface area contributed by atoms with Crippen LogP contribution in [-0.2, 0) is 16.0 Å². The minimum Gasteiger partial charge on any atom is -0.480 e. The summed E-state index contributed by atoms with van der Waals surface area (Å²) in [5.74, 6) is -1.50. The van der Waals surface area contributed by atoms with Gasteiger partial charge in [0, 0.05) is 23.5 Å². The summed E-state index contributed by atoms with van der Waals surface area (Å²) >= 11 is 0. The lowest BCUT2D eigenvalue weighted by Gasteiger charge is -2.21. The lowest BCUT2D eigenvalue weighted by Crippen LogP contribution is -2.51. The van der Waals surface area contributed by atoms with Crippen LogP contribution in [-0.4, -0.2) is 34.1 Å². The van der Waals surface area contributed by atoms with E-state index in [4.69, 9.17) is 5.73 Å². The largest absolute Gasteiger partial charge is 0.480 e. The van der Waals surface area contributed by atoms with Crippen molar-refractivity contribution in [3.63, 3.8) is 0 Å². The third-order valence-corrected chi connectivity index (χ3v) is 4.27. The minimum absolute atomic E-state index is 0.00228. The molecule has 0 spiro atoms. The SMILES string of the molecule is CC[C@H](C)[C@H](N)C(=O)N[C@H](Cc1c[nH]c2ccccc12)C(=O)O. The predicted molar refractivity (Wildman–Crippen MR) is 89.0 cm³/mol. The zero-order chi connectivity index (χ0) is 17.0. The summed E-state index contributed by atoms with van der Waals surface area (Å²) in [5.41, 5.74) is 7.66. The van der Waals surface area contributed by atoms with Gasteiger partial charge in [-0.3, -0.25) is 4.79 Å². The van der Waals surface area contributed by atoms with E-state index in [0.717, 1.165) is 22.9 Å². The minimum atomic E-state index is -1.07. The molecule has 0 saturated heterocycles. The molecule has 5 N–H and O–H groups in total. The number of nitrogens with one attached hydrogen (secondary N) is 2. The Labute approximate surface area is 135 Å². The maximum absolute atomic E-state index is 12.1. The van der Waals surface area contributed by atoms with E-state index in [1.165, 1.54) is 0 Å². The molecule has 6 heteroatoms. The Bertz CT molecular complexity index is 695. The molecule has 6 nitrogen and oxygen atoms in total. The van der Waals surface area contributed by atoms with Gasteiger partial charge in [-0.05, 0) is 17.5 Å². The highest BCUT2D eigenvalue weighted by Gasteiger charge is 2.26. The first-order valence-electron chi connectivity index (χ1n) is 7.77. The van der Waals surface area contributed by atoms with Crippen LogP contribution < -0.4 is 11.1 Å². The molecule has 1 aromatic carbocycles. The fourth-order valence-corrected chi connectivity index (χ4v) is 2.50. The molecule has 0 saturated carbocycles. The van der Waals surface area contributed by atoms with Crippen molar-refractivity contribution in [3.05, 3.63) is 36.0 Å². The molecule has 0 aliphatic rings. The Balaban J connectivity index is 2.13. The van der Waals surface area contributed by atoms with Crippen molar-refractivity contribution in [2.24, 2.45) is 11.7 Å². The Morgan fingerprint density at radius 3 is 2.70 bits per heavy atom. The van der Waals surface area contributed by atoms with E-state index in [-0.39, 0.29) is 12.3 Å². The molecule has 0 fully saturated rings. The number of aliphatic carboxylic acids is 1. The van der Waals surface area contributed by atoms with Gasteiger partial charge in [-0.25, -0.2) is 4.79 Å². The third-order valence-electron chi connectivity index (χ3n) is 4.27. The van der Waals surface area contributed by atoms with E-state index in [1.807, 2.05) is 38.1 Å². The summed E-state index contributed by atoms with van der Waals surface area (Å²) in [5, 5.41) is 12.9. The van der Waals surface area contributed by atoms with Crippen molar-refractivity contribution in [1.29, 1.82) is 0 Å². The average molecular weight is 317 g/mol. The number of fused-ring (bicyclic) bond motifs is 1. The van der Waals surface area contributed by atoms with Crippen molar-refractivity contribution < 1.29 is 14.7 Å². The number of rotatable bonds is 7. The van der Waals surface area contributed by atoms with Gasteiger partial charge in [-0.15, -0.1) is 0 Å². The van der Waals surface area contributed by atoms with Crippen LogP contribution in [0, 0.1) is 5.92 Å². The summed E-state index contributed by atoms with van der Waals surface area (Å²) in [7, 11) is 0. The number of carbonyl (C=O) groups is 2. The van der Waals surface area contributed by atoms with Gasteiger partial charge in [0.25, 0.3) is 0 Å². The number of hydrogen-bond donors (Lipinski definition) is 4. The van der Waals surface area contributed by atoms with E-state index in [0.29, 0.717) is 0 Å². The molecular formula is C17H23N3O3. The van der Waals surface area contributed by atoms with Gasteiger partial charge in [0.05, 0.1) is 6.04 Å². The lowest BCUT2D eigenvalue weighted by molar-refractivity contribution is -0.142. The third kappa shape index (κ3) is 3.90. The van der Waals surface area contributed by atoms with Crippen LogP contribution >= 0.6 is 0 Å². The fourth-order valence-electron chi connectivity index (χ4n) is 2.50. The number of aromatic nitrogens is 1. The van der Waals surface area contributed by atoms with E-state index >= 15 is 0 Å². The number of carboxylic acid groups (broad SMARTS) is 1. The van der Waals surface area contributed by atoms with Crippen LogP contribution in [0.5, 0.6) is 0 Å². The zero-order valence-corrected chi connectivity index (χ0v) is 13.4. The molecule has 0 unspecified atom stereocenters. The Hall–Kier alpha value is -2.34. The number of H-pyrrole nitrogens is 1. The Morgan fingerprint density at radius 2 is 2.04 bits per heavy atom. The average Bonchev–Trinajstić information content (AvgIpc) is 2.95. The number of hydrogen-bond acceptors (Lipinski definition) is 3. The monoisotopic (exact) mass is 317 g/mol. The molecule has 0 bridgehead atoms. The van der Waals surface area contributed by atoms with Crippen LogP contribution in [0.15, 0.2) is 30.5 Å². The van der Waals surface area contributed by atoms with E-state index in [9.17, 15) is 14.7 Å². The Morgan fingerprint density at radius 1 is 1.35 bits per heavy atom. The number of benzene rings is 1. The summed E-state index contributed by atoms with van der Waals surface area (Å²) in [6.07, 6.45) is 2.74. The molecule has 3 atom stereocenters. The number of amides is 1. The van der Waals surface area contributed by atoms with Gasteiger partial charge >= 0.3 is 5.97 Å². The molecule has 0 aliphatic carbocycles. The lowest BCUT2D eigenvalue weighted by atomic mass is 9.98. The summed E-state index contributed by atoms with van der Waals surface area (Å²) in [6.45, 7) is 3.82. The second kappa shape index (κ2) is 7.28. The van der Waals surface area contributed by atoms with E-state index in [1.54, 1.807) is 6.20 Å². The predicted octanol–water partition coefficient (Wildman–Crippen LogP) is 1.65. The van der Waals surface area contributed by atoms with Gasteiger partial charge in [-0.1, -0.05) is 38.5 Å². The molecule has 1 amide bonds. The quantitative estimate of drug-likeness (QED) is 0.622. The van der Waals surface area contributed by atoms with Gasteiger partial charge in [0.1, 0.15) is 6.04 Å². The standard InChI is InChI=1S/C17H23N3O3/c1-3-10(2)15(18)16(21)20-14(17(22)23)8-11-9-19-13-7-5-4-6-12(11)13/h4-7,9-10,14-15,19H,3,8,18H2,1-2H3,(H,20,21)(H,22,23)/t10-,14+,15-/m0/s1. The van der Waals surface area contributed by atoms with Crippen LogP contribution in [0.3, 0.4) is 0 Å². The van der Waals surface area contributed by atoms with Crippen LogP contribution in [0.2, 0.25) is 0 Å². The number of nitrogens with two attached hydrogens (primary N) is 1.